The van der Waals surface area contributed by atoms with Crippen LogP contribution in [-0.4, -0.2) is 5.11 Å². The van der Waals surface area contributed by atoms with Crippen LogP contribution in [0.5, 0.6) is 0 Å². The van der Waals surface area contributed by atoms with E-state index >= 15 is 0 Å². The van der Waals surface area contributed by atoms with Crippen LogP contribution in [0, 0.1) is 5.82 Å². The molecular formula is C19H21FO. The van der Waals surface area contributed by atoms with Gasteiger partial charge in [-0.25, -0.2) is 4.39 Å². The van der Waals surface area contributed by atoms with Crippen LogP contribution < -0.4 is 0 Å². The number of hydrogen-bond acceptors (Lipinski definition) is 1. The van der Waals surface area contributed by atoms with Gasteiger partial charge in [0.15, 0.2) is 0 Å². The van der Waals surface area contributed by atoms with Gasteiger partial charge in [0.25, 0.3) is 0 Å². The quantitative estimate of drug-likeness (QED) is 0.873. The first kappa shape index (κ1) is 14.3. The van der Waals surface area contributed by atoms with Gasteiger partial charge in [-0.1, -0.05) is 42.8 Å². The molecule has 2 aromatic carbocycles. The molecular weight excluding hydrogens is 263 g/mol. The lowest BCUT2D eigenvalue weighted by Gasteiger charge is -2.29. The van der Waals surface area contributed by atoms with Gasteiger partial charge in [-0.3, -0.25) is 0 Å². The summed E-state index contributed by atoms with van der Waals surface area (Å²) < 4.78 is 13.0. The zero-order valence-corrected chi connectivity index (χ0v) is 12.3. The smallest absolute Gasteiger partial charge is 0.123 e. The van der Waals surface area contributed by atoms with Gasteiger partial charge in [0.05, 0.1) is 5.60 Å². The minimum absolute atomic E-state index is 0.245. The summed E-state index contributed by atoms with van der Waals surface area (Å²) in [5.41, 5.74) is 2.28. The van der Waals surface area contributed by atoms with Crippen LogP contribution in [-0.2, 0) is 12.0 Å². The molecule has 110 valence electrons. The molecule has 0 amide bonds. The van der Waals surface area contributed by atoms with Crippen molar-refractivity contribution in [3.05, 3.63) is 71.0 Å². The van der Waals surface area contributed by atoms with Gasteiger partial charge in [0.2, 0.25) is 0 Å². The molecule has 21 heavy (non-hydrogen) atoms. The molecule has 1 nitrogen and oxygen atoms in total. The second-order valence-electron chi connectivity index (χ2n) is 6.33. The molecule has 0 saturated heterocycles. The molecule has 3 rings (SSSR count). The Kier molecular flexibility index (Phi) is 3.81. The Bertz CT molecular complexity index is 612. The third-order valence-corrected chi connectivity index (χ3v) is 4.55. The van der Waals surface area contributed by atoms with E-state index in [4.69, 9.17) is 0 Å². The molecule has 1 atom stereocenters. The summed E-state index contributed by atoms with van der Waals surface area (Å²) in [6, 6.07) is 14.6. The Labute approximate surface area is 125 Å². The predicted octanol–water partition coefficient (Wildman–Crippen LogP) is 4.54. The number of rotatable bonds is 4. The lowest BCUT2D eigenvalue weighted by atomic mass is 9.78. The average molecular weight is 284 g/mol. The predicted molar refractivity (Wildman–Crippen MR) is 82.7 cm³/mol. The van der Waals surface area contributed by atoms with Crippen molar-refractivity contribution in [3.8, 4) is 0 Å². The highest BCUT2D eigenvalue weighted by Gasteiger charge is 2.26. The topological polar surface area (TPSA) is 20.2 Å². The fraction of sp³-hybridized carbons (Fsp3) is 0.368. The molecule has 0 radical (unpaired) electrons. The summed E-state index contributed by atoms with van der Waals surface area (Å²) >= 11 is 0. The summed E-state index contributed by atoms with van der Waals surface area (Å²) in [4.78, 5) is 0. The SMILES string of the molecule is CC(O)(Cc1ccc(F)cc1)c1cccc(C2CCC2)c1. The Morgan fingerprint density at radius 2 is 1.86 bits per heavy atom. The molecule has 0 heterocycles. The van der Waals surface area contributed by atoms with Crippen molar-refractivity contribution in [2.45, 2.75) is 44.1 Å². The van der Waals surface area contributed by atoms with Crippen molar-refractivity contribution in [2.75, 3.05) is 0 Å². The average Bonchev–Trinajstić information content (AvgIpc) is 2.40. The lowest BCUT2D eigenvalue weighted by molar-refractivity contribution is 0.0574. The standard InChI is InChI=1S/C19H21FO/c1-19(21,13-14-8-10-18(20)11-9-14)17-7-3-6-16(12-17)15-4-2-5-15/h3,6-12,15,21H,2,4-5,13H2,1H3. The molecule has 2 heteroatoms. The Balaban J connectivity index is 1.81. The molecule has 2 aromatic rings. The largest absolute Gasteiger partial charge is 0.385 e. The minimum Gasteiger partial charge on any atom is -0.385 e. The van der Waals surface area contributed by atoms with Crippen molar-refractivity contribution >= 4 is 0 Å². The van der Waals surface area contributed by atoms with Crippen LogP contribution in [0.3, 0.4) is 0 Å². The fourth-order valence-corrected chi connectivity index (χ4v) is 2.97. The van der Waals surface area contributed by atoms with Crippen molar-refractivity contribution in [1.82, 2.24) is 0 Å². The van der Waals surface area contributed by atoms with E-state index < -0.39 is 5.60 Å². The van der Waals surface area contributed by atoms with Gasteiger partial charge >= 0.3 is 0 Å². The van der Waals surface area contributed by atoms with Gasteiger partial charge in [-0.05, 0) is 54.5 Å². The maximum absolute atomic E-state index is 13.0. The second-order valence-corrected chi connectivity index (χ2v) is 6.33. The highest BCUT2D eigenvalue weighted by Crippen LogP contribution is 2.38. The van der Waals surface area contributed by atoms with E-state index in [2.05, 4.69) is 12.1 Å². The van der Waals surface area contributed by atoms with Crippen molar-refractivity contribution < 1.29 is 9.50 Å². The summed E-state index contributed by atoms with van der Waals surface area (Å²) in [6.45, 7) is 1.83. The van der Waals surface area contributed by atoms with Gasteiger partial charge < -0.3 is 5.11 Å². The van der Waals surface area contributed by atoms with E-state index in [0.717, 1.165) is 11.1 Å². The first-order valence-corrected chi connectivity index (χ1v) is 7.62. The maximum atomic E-state index is 13.0. The van der Waals surface area contributed by atoms with E-state index in [1.54, 1.807) is 12.1 Å². The van der Waals surface area contributed by atoms with Gasteiger partial charge in [0.1, 0.15) is 5.82 Å². The van der Waals surface area contributed by atoms with E-state index in [-0.39, 0.29) is 5.82 Å². The fourth-order valence-electron chi connectivity index (χ4n) is 2.97. The third kappa shape index (κ3) is 3.16. The number of hydrogen-bond donors (Lipinski definition) is 1. The molecule has 1 N–H and O–H groups in total. The molecule has 1 fully saturated rings. The number of aliphatic hydroxyl groups is 1. The van der Waals surface area contributed by atoms with Crippen molar-refractivity contribution in [1.29, 1.82) is 0 Å². The molecule has 0 aromatic heterocycles. The minimum atomic E-state index is -0.933. The van der Waals surface area contributed by atoms with Crippen LogP contribution in [0.4, 0.5) is 4.39 Å². The highest BCUT2D eigenvalue weighted by molar-refractivity contribution is 5.32. The van der Waals surface area contributed by atoms with Crippen molar-refractivity contribution in [2.24, 2.45) is 0 Å². The van der Waals surface area contributed by atoms with E-state index in [0.29, 0.717) is 12.3 Å². The van der Waals surface area contributed by atoms with Gasteiger partial charge in [-0.15, -0.1) is 0 Å². The first-order valence-electron chi connectivity index (χ1n) is 7.62. The van der Waals surface area contributed by atoms with Crippen LogP contribution in [0.25, 0.3) is 0 Å². The van der Waals surface area contributed by atoms with Gasteiger partial charge in [-0.2, -0.15) is 0 Å². The molecule has 0 aliphatic heterocycles. The van der Waals surface area contributed by atoms with Crippen LogP contribution in [0.15, 0.2) is 48.5 Å². The second kappa shape index (κ2) is 5.61. The Morgan fingerprint density at radius 1 is 1.14 bits per heavy atom. The summed E-state index contributed by atoms with van der Waals surface area (Å²) in [5.74, 6) is 0.414. The summed E-state index contributed by atoms with van der Waals surface area (Å²) in [7, 11) is 0. The third-order valence-electron chi connectivity index (χ3n) is 4.55. The molecule has 1 saturated carbocycles. The normalized spacial score (nSPS) is 18.0. The molecule has 0 spiro atoms. The lowest BCUT2D eigenvalue weighted by Crippen LogP contribution is -2.24. The first-order chi connectivity index (χ1) is 10.0. The monoisotopic (exact) mass is 284 g/mol. The maximum Gasteiger partial charge on any atom is 0.123 e. The van der Waals surface area contributed by atoms with Crippen LogP contribution in [0.1, 0.15) is 48.8 Å². The molecule has 1 unspecified atom stereocenters. The molecule has 1 aliphatic rings. The number of halogens is 1. The van der Waals surface area contributed by atoms with Crippen molar-refractivity contribution in [3.63, 3.8) is 0 Å². The van der Waals surface area contributed by atoms with E-state index in [1.807, 2.05) is 19.1 Å². The zero-order valence-electron chi connectivity index (χ0n) is 12.3. The summed E-state index contributed by atoms with van der Waals surface area (Å²) in [5, 5.41) is 10.8. The summed E-state index contributed by atoms with van der Waals surface area (Å²) in [6.07, 6.45) is 4.30. The number of benzene rings is 2. The zero-order chi connectivity index (χ0) is 14.9. The Hall–Kier alpha value is -1.67. The highest BCUT2D eigenvalue weighted by atomic mass is 19.1. The van der Waals surface area contributed by atoms with Crippen LogP contribution >= 0.6 is 0 Å². The molecule has 1 aliphatic carbocycles. The van der Waals surface area contributed by atoms with Gasteiger partial charge in [0, 0.05) is 6.42 Å². The van der Waals surface area contributed by atoms with Crippen LogP contribution in [0.2, 0.25) is 0 Å². The Morgan fingerprint density at radius 3 is 2.48 bits per heavy atom. The van der Waals surface area contributed by atoms with E-state index in [9.17, 15) is 9.50 Å². The molecule has 0 bridgehead atoms. The van der Waals surface area contributed by atoms with E-state index in [1.165, 1.54) is 37.0 Å².